The molecule has 2 aromatic carbocycles. The maximum Gasteiger partial charge on any atom is 0.209 e. The first kappa shape index (κ1) is 20.3. The summed E-state index contributed by atoms with van der Waals surface area (Å²) in [5, 5.41) is 12.8. The minimum absolute atomic E-state index is 0.267. The van der Waals surface area contributed by atoms with Crippen LogP contribution < -0.4 is 14.5 Å². The van der Waals surface area contributed by atoms with Gasteiger partial charge in [0.05, 0.1) is 45.5 Å². The molecule has 1 aromatic heterocycles. The number of hydrogen-bond donors (Lipinski definition) is 1. The smallest absolute Gasteiger partial charge is 0.209 e. The van der Waals surface area contributed by atoms with Gasteiger partial charge < -0.3 is 14.5 Å². The van der Waals surface area contributed by atoms with Crippen LogP contribution in [0.5, 0.6) is 5.75 Å². The van der Waals surface area contributed by atoms with Gasteiger partial charge in [-0.05, 0) is 28.1 Å². The second-order valence-corrected chi connectivity index (χ2v) is 8.22. The van der Waals surface area contributed by atoms with Gasteiger partial charge in [0.25, 0.3) is 0 Å². The van der Waals surface area contributed by atoms with E-state index in [2.05, 4.69) is 70.7 Å². The van der Waals surface area contributed by atoms with Gasteiger partial charge in [-0.2, -0.15) is 0 Å². The number of anilines is 1. The predicted octanol–water partition coefficient (Wildman–Crippen LogP) is 1.83. The zero-order valence-electron chi connectivity index (χ0n) is 18.0. The van der Waals surface area contributed by atoms with Gasteiger partial charge in [0.2, 0.25) is 5.82 Å². The third-order valence-corrected chi connectivity index (χ3v) is 5.95. The normalized spacial score (nSPS) is 16.1. The minimum atomic E-state index is 0.267. The minimum Gasteiger partial charge on any atom is -0.495 e. The van der Waals surface area contributed by atoms with E-state index in [-0.39, 0.29) is 6.04 Å². The number of tetrazole rings is 1. The standard InChI is InChI=1S/C23H30N6O/c1-18(2)22(23-24-25-26-29(23)17-19-9-5-4-6-10-19)28-15-13-27(14-16-28)20-11-7-8-12-21(20)30-3/h4-12,18,22H,13-17H2,1-3H3/p+1/t22-/m0/s1. The summed E-state index contributed by atoms with van der Waals surface area (Å²) in [5.41, 5.74) is 2.39. The Morgan fingerprint density at radius 2 is 1.70 bits per heavy atom. The number of ether oxygens (including phenoxy) is 1. The Kier molecular flexibility index (Phi) is 6.28. The molecule has 4 rings (SSSR count). The molecule has 2 heterocycles. The molecule has 3 aromatic rings. The van der Waals surface area contributed by atoms with Gasteiger partial charge in [-0.25, -0.2) is 4.68 Å². The van der Waals surface area contributed by atoms with Gasteiger partial charge in [-0.1, -0.05) is 56.3 Å². The van der Waals surface area contributed by atoms with Crippen molar-refractivity contribution in [1.82, 2.24) is 20.2 Å². The van der Waals surface area contributed by atoms with Crippen LogP contribution in [0.15, 0.2) is 54.6 Å². The highest BCUT2D eigenvalue weighted by Gasteiger charge is 2.35. The summed E-state index contributed by atoms with van der Waals surface area (Å²) in [6.45, 7) is 9.29. The van der Waals surface area contributed by atoms with E-state index in [4.69, 9.17) is 4.74 Å². The van der Waals surface area contributed by atoms with Crippen molar-refractivity contribution in [3.63, 3.8) is 0 Å². The molecule has 158 valence electrons. The van der Waals surface area contributed by atoms with Crippen LogP contribution in [0.2, 0.25) is 0 Å². The van der Waals surface area contributed by atoms with Gasteiger partial charge >= 0.3 is 0 Å². The zero-order valence-corrected chi connectivity index (χ0v) is 18.0. The molecule has 0 radical (unpaired) electrons. The second kappa shape index (κ2) is 9.26. The molecule has 1 atom stereocenters. The number of benzene rings is 2. The summed E-state index contributed by atoms with van der Waals surface area (Å²) in [6.07, 6.45) is 0. The van der Waals surface area contributed by atoms with E-state index in [0.717, 1.165) is 37.8 Å². The van der Waals surface area contributed by atoms with Crippen LogP contribution >= 0.6 is 0 Å². The number of rotatable bonds is 7. The fourth-order valence-corrected chi connectivity index (χ4v) is 4.49. The van der Waals surface area contributed by atoms with Crippen LogP contribution in [0, 0.1) is 5.92 Å². The molecular weight excluding hydrogens is 376 g/mol. The van der Waals surface area contributed by atoms with E-state index in [0.29, 0.717) is 12.5 Å². The fourth-order valence-electron chi connectivity index (χ4n) is 4.49. The molecule has 1 aliphatic rings. The van der Waals surface area contributed by atoms with Crippen LogP contribution in [0.25, 0.3) is 0 Å². The van der Waals surface area contributed by atoms with Crippen LogP contribution in [-0.4, -0.2) is 53.5 Å². The molecule has 1 saturated heterocycles. The van der Waals surface area contributed by atoms with Crippen LogP contribution in [0.1, 0.15) is 31.3 Å². The van der Waals surface area contributed by atoms with Crippen molar-refractivity contribution < 1.29 is 9.64 Å². The molecule has 30 heavy (non-hydrogen) atoms. The SMILES string of the molecule is COc1ccccc1N1CC[NH+]([C@H](c2nnnn2Cc2ccccc2)C(C)C)CC1. The average molecular weight is 408 g/mol. The van der Waals surface area contributed by atoms with Crippen molar-refractivity contribution in [2.24, 2.45) is 5.92 Å². The van der Waals surface area contributed by atoms with E-state index in [1.807, 2.05) is 22.9 Å². The summed E-state index contributed by atoms with van der Waals surface area (Å²) in [7, 11) is 1.74. The first-order chi connectivity index (χ1) is 14.7. The lowest BCUT2D eigenvalue weighted by Gasteiger charge is -2.38. The van der Waals surface area contributed by atoms with Gasteiger partial charge in [-0.3, -0.25) is 0 Å². The molecule has 1 fully saturated rings. The highest BCUT2D eigenvalue weighted by Crippen LogP contribution is 2.27. The number of piperazine rings is 1. The molecule has 0 aliphatic carbocycles. The Hall–Kier alpha value is -2.93. The lowest BCUT2D eigenvalue weighted by atomic mass is 10.0. The highest BCUT2D eigenvalue weighted by molar-refractivity contribution is 5.58. The van der Waals surface area contributed by atoms with Crippen LogP contribution in [0.3, 0.4) is 0 Å². The predicted molar refractivity (Wildman–Crippen MR) is 117 cm³/mol. The number of aromatic nitrogens is 4. The van der Waals surface area contributed by atoms with Crippen molar-refractivity contribution in [1.29, 1.82) is 0 Å². The lowest BCUT2D eigenvalue weighted by Crippen LogP contribution is -3.15. The molecule has 0 unspecified atom stereocenters. The summed E-state index contributed by atoms with van der Waals surface area (Å²) < 4.78 is 7.54. The van der Waals surface area contributed by atoms with E-state index in [9.17, 15) is 0 Å². The topological polar surface area (TPSA) is 60.5 Å². The van der Waals surface area contributed by atoms with Crippen molar-refractivity contribution in [3.8, 4) is 5.75 Å². The first-order valence-corrected chi connectivity index (χ1v) is 10.7. The van der Waals surface area contributed by atoms with Gasteiger partial charge in [-0.15, -0.1) is 5.10 Å². The average Bonchev–Trinajstić information content (AvgIpc) is 3.22. The molecular formula is C23H31N6O+. The third-order valence-electron chi connectivity index (χ3n) is 5.95. The molecule has 0 amide bonds. The number of methoxy groups -OCH3 is 1. The highest BCUT2D eigenvalue weighted by atomic mass is 16.5. The maximum atomic E-state index is 5.56. The van der Waals surface area contributed by atoms with E-state index in [1.165, 1.54) is 11.3 Å². The Morgan fingerprint density at radius 1 is 1.00 bits per heavy atom. The molecule has 7 heteroatoms. The second-order valence-electron chi connectivity index (χ2n) is 8.22. The molecule has 7 nitrogen and oxygen atoms in total. The van der Waals surface area contributed by atoms with E-state index in [1.54, 1.807) is 12.0 Å². The zero-order chi connectivity index (χ0) is 20.9. The Labute approximate surface area is 178 Å². The molecule has 0 bridgehead atoms. The third kappa shape index (κ3) is 4.31. The largest absolute Gasteiger partial charge is 0.495 e. The fraction of sp³-hybridized carbons (Fsp3) is 0.435. The summed E-state index contributed by atoms with van der Waals surface area (Å²) >= 11 is 0. The number of hydrogen-bond acceptors (Lipinski definition) is 5. The molecule has 0 saturated carbocycles. The van der Waals surface area contributed by atoms with Gasteiger partial charge in [0.15, 0.2) is 6.04 Å². The van der Waals surface area contributed by atoms with Crippen LogP contribution in [0.4, 0.5) is 5.69 Å². The summed E-state index contributed by atoms with van der Waals surface area (Å²) in [6, 6.07) is 18.9. The quantitative estimate of drug-likeness (QED) is 0.648. The summed E-state index contributed by atoms with van der Waals surface area (Å²) in [5.74, 6) is 2.36. The van der Waals surface area contributed by atoms with Crippen molar-refractivity contribution in [2.45, 2.75) is 26.4 Å². The van der Waals surface area contributed by atoms with Gasteiger partial charge in [0, 0.05) is 5.92 Å². The molecule has 1 N–H and O–H groups in total. The number of nitrogens with zero attached hydrogens (tertiary/aromatic N) is 5. The van der Waals surface area contributed by atoms with Crippen LogP contribution in [-0.2, 0) is 6.54 Å². The summed E-state index contributed by atoms with van der Waals surface area (Å²) in [4.78, 5) is 3.97. The molecule has 0 spiro atoms. The maximum absolute atomic E-state index is 5.56. The lowest BCUT2D eigenvalue weighted by molar-refractivity contribution is -0.937. The Bertz CT molecular complexity index is 934. The van der Waals surface area contributed by atoms with Crippen molar-refractivity contribution in [3.05, 3.63) is 66.0 Å². The van der Waals surface area contributed by atoms with Gasteiger partial charge in [0.1, 0.15) is 5.75 Å². The number of para-hydroxylation sites is 2. The monoisotopic (exact) mass is 407 g/mol. The Balaban J connectivity index is 1.50. The molecule has 1 aliphatic heterocycles. The van der Waals surface area contributed by atoms with Crippen molar-refractivity contribution in [2.75, 3.05) is 38.2 Å². The van der Waals surface area contributed by atoms with E-state index < -0.39 is 0 Å². The number of nitrogens with one attached hydrogen (secondary N) is 1. The Morgan fingerprint density at radius 3 is 2.40 bits per heavy atom. The first-order valence-electron chi connectivity index (χ1n) is 10.7. The number of quaternary nitrogens is 1. The van der Waals surface area contributed by atoms with Crippen molar-refractivity contribution >= 4 is 5.69 Å². The van der Waals surface area contributed by atoms with E-state index >= 15 is 0 Å².